The lowest BCUT2D eigenvalue weighted by Crippen LogP contribution is -2.17. The Hall–Kier alpha value is -2.14. The van der Waals surface area contributed by atoms with Gasteiger partial charge in [-0.25, -0.2) is 4.79 Å². The number of benzene rings is 1. The van der Waals surface area contributed by atoms with Gasteiger partial charge in [0.1, 0.15) is 5.00 Å². The average Bonchev–Trinajstić information content (AvgIpc) is 3.03. The van der Waals surface area contributed by atoms with E-state index in [2.05, 4.69) is 50.4 Å². The van der Waals surface area contributed by atoms with Crippen molar-refractivity contribution in [2.45, 2.75) is 65.7 Å². The van der Waals surface area contributed by atoms with Gasteiger partial charge in [-0.1, -0.05) is 45.0 Å². The molecular formula is C24H31NO3S. The van der Waals surface area contributed by atoms with E-state index >= 15 is 0 Å². The molecule has 1 unspecified atom stereocenters. The molecule has 0 fully saturated rings. The van der Waals surface area contributed by atoms with Crippen LogP contribution in [0.5, 0.6) is 0 Å². The lowest BCUT2D eigenvalue weighted by atomic mass is 9.88. The molecule has 0 saturated heterocycles. The van der Waals surface area contributed by atoms with Gasteiger partial charge in [0, 0.05) is 11.3 Å². The molecule has 0 saturated carbocycles. The van der Waals surface area contributed by atoms with Crippen LogP contribution in [0, 0.1) is 5.92 Å². The number of amides is 1. The zero-order valence-corrected chi connectivity index (χ0v) is 18.7. The van der Waals surface area contributed by atoms with E-state index in [-0.39, 0.29) is 11.9 Å². The van der Waals surface area contributed by atoms with E-state index in [1.165, 1.54) is 10.4 Å². The van der Waals surface area contributed by atoms with Crippen molar-refractivity contribution in [3.8, 4) is 0 Å². The lowest BCUT2D eigenvalue weighted by Gasteiger charge is -2.18. The molecule has 0 bridgehead atoms. The summed E-state index contributed by atoms with van der Waals surface area (Å²) >= 11 is 1.54. The predicted molar refractivity (Wildman–Crippen MR) is 119 cm³/mol. The van der Waals surface area contributed by atoms with Crippen molar-refractivity contribution in [2.75, 3.05) is 11.9 Å². The minimum absolute atomic E-state index is 0.0601. The molecule has 2 aromatic rings. The van der Waals surface area contributed by atoms with E-state index in [0.717, 1.165) is 30.4 Å². The molecule has 1 aliphatic rings. The second-order valence-corrected chi connectivity index (χ2v) is 9.33. The largest absolute Gasteiger partial charge is 0.462 e. The molecule has 0 radical (unpaired) electrons. The highest BCUT2D eigenvalue weighted by Crippen LogP contribution is 2.40. The third-order valence-electron chi connectivity index (χ3n) is 5.53. The Morgan fingerprint density at radius 2 is 1.97 bits per heavy atom. The number of ether oxygens (including phenoxy) is 1. The molecule has 1 atom stereocenters. The summed E-state index contributed by atoms with van der Waals surface area (Å²) in [6.45, 7) is 8.71. The van der Waals surface area contributed by atoms with Crippen molar-refractivity contribution in [3.05, 3.63) is 51.4 Å². The van der Waals surface area contributed by atoms with Crippen LogP contribution >= 0.6 is 11.3 Å². The number of carbonyl (C=O) groups is 2. The van der Waals surface area contributed by atoms with E-state index in [4.69, 9.17) is 4.74 Å². The first-order valence-corrected chi connectivity index (χ1v) is 11.4. The third-order valence-corrected chi connectivity index (χ3v) is 6.70. The zero-order valence-electron chi connectivity index (χ0n) is 17.8. The highest BCUT2D eigenvalue weighted by atomic mass is 32.1. The Morgan fingerprint density at radius 3 is 2.62 bits per heavy atom. The fourth-order valence-corrected chi connectivity index (χ4v) is 5.19. The number of hydrogen-bond acceptors (Lipinski definition) is 4. The number of aryl methyl sites for hydroxylation is 1. The number of carbonyl (C=O) groups excluding carboxylic acids is 2. The summed E-state index contributed by atoms with van der Waals surface area (Å²) in [7, 11) is 0. The van der Waals surface area contributed by atoms with Crippen molar-refractivity contribution >= 4 is 28.2 Å². The Balaban J connectivity index is 1.70. The molecule has 1 aromatic carbocycles. The first kappa shape index (κ1) is 21.6. The molecule has 4 nitrogen and oxygen atoms in total. The highest BCUT2D eigenvalue weighted by molar-refractivity contribution is 7.17. The summed E-state index contributed by atoms with van der Waals surface area (Å²) in [5, 5.41) is 3.66. The van der Waals surface area contributed by atoms with E-state index in [1.54, 1.807) is 11.3 Å². The van der Waals surface area contributed by atoms with Gasteiger partial charge in [0.25, 0.3) is 0 Å². The van der Waals surface area contributed by atoms with E-state index < -0.39 is 0 Å². The molecule has 0 spiro atoms. The van der Waals surface area contributed by atoms with Crippen molar-refractivity contribution < 1.29 is 14.3 Å². The number of thiophene rings is 1. The topological polar surface area (TPSA) is 55.4 Å². The maximum atomic E-state index is 12.6. The van der Waals surface area contributed by atoms with Crippen LogP contribution in [-0.4, -0.2) is 18.5 Å². The van der Waals surface area contributed by atoms with Gasteiger partial charge >= 0.3 is 5.97 Å². The zero-order chi connectivity index (χ0) is 21.0. The minimum Gasteiger partial charge on any atom is -0.462 e. The number of esters is 1. The van der Waals surface area contributed by atoms with E-state index in [0.29, 0.717) is 41.8 Å². The number of anilines is 1. The summed E-state index contributed by atoms with van der Waals surface area (Å²) in [5.74, 6) is 0.726. The smallest absolute Gasteiger partial charge is 0.341 e. The monoisotopic (exact) mass is 413 g/mol. The number of nitrogens with one attached hydrogen (secondary N) is 1. The molecule has 1 aliphatic carbocycles. The fourth-order valence-electron chi connectivity index (χ4n) is 3.77. The van der Waals surface area contributed by atoms with Gasteiger partial charge in [-0.05, 0) is 61.1 Å². The van der Waals surface area contributed by atoms with Crippen LogP contribution in [0.3, 0.4) is 0 Å². The molecule has 1 heterocycles. The first-order chi connectivity index (χ1) is 13.9. The van der Waals surface area contributed by atoms with Crippen LogP contribution < -0.4 is 5.32 Å². The average molecular weight is 414 g/mol. The van der Waals surface area contributed by atoms with Crippen LogP contribution in [-0.2, 0) is 28.8 Å². The van der Waals surface area contributed by atoms with Gasteiger partial charge in [-0.3, -0.25) is 4.79 Å². The normalized spacial score (nSPS) is 15.8. The Kier molecular flexibility index (Phi) is 7.12. The standard InChI is InChI=1S/C24H31NO3S/c1-5-28-24(27)22-19-12-6-16(4)14-20(19)29-23(22)25-21(26)13-9-17-7-10-18(11-8-17)15(2)3/h7-8,10-11,15-16H,5-6,9,12-14H2,1-4H3,(H,25,26). The Morgan fingerprint density at radius 1 is 1.24 bits per heavy atom. The second-order valence-electron chi connectivity index (χ2n) is 8.22. The van der Waals surface area contributed by atoms with Crippen LogP contribution in [0.2, 0.25) is 0 Å². The summed E-state index contributed by atoms with van der Waals surface area (Å²) < 4.78 is 5.28. The molecule has 29 heavy (non-hydrogen) atoms. The molecule has 5 heteroatoms. The van der Waals surface area contributed by atoms with Crippen LogP contribution in [0.25, 0.3) is 0 Å². The molecule has 156 valence electrons. The molecule has 1 N–H and O–H groups in total. The van der Waals surface area contributed by atoms with Crippen LogP contribution in [0.4, 0.5) is 5.00 Å². The second kappa shape index (κ2) is 9.57. The SMILES string of the molecule is CCOC(=O)c1c(NC(=O)CCc2ccc(C(C)C)cc2)sc2c1CCC(C)C2. The van der Waals surface area contributed by atoms with Crippen molar-refractivity contribution in [1.82, 2.24) is 0 Å². The van der Waals surface area contributed by atoms with Crippen molar-refractivity contribution in [2.24, 2.45) is 5.92 Å². The quantitative estimate of drug-likeness (QED) is 0.589. The lowest BCUT2D eigenvalue weighted by molar-refractivity contribution is -0.116. The van der Waals surface area contributed by atoms with Gasteiger partial charge < -0.3 is 10.1 Å². The van der Waals surface area contributed by atoms with Gasteiger partial charge in [-0.2, -0.15) is 0 Å². The first-order valence-electron chi connectivity index (χ1n) is 10.6. The Labute approximate surface area is 177 Å². The van der Waals surface area contributed by atoms with E-state index in [9.17, 15) is 9.59 Å². The molecule has 1 amide bonds. The maximum absolute atomic E-state index is 12.6. The summed E-state index contributed by atoms with van der Waals surface area (Å²) in [6.07, 6.45) is 3.98. The Bertz CT molecular complexity index is 867. The van der Waals surface area contributed by atoms with Crippen LogP contribution in [0.1, 0.15) is 78.4 Å². The van der Waals surface area contributed by atoms with E-state index in [1.807, 2.05) is 6.92 Å². The van der Waals surface area contributed by atoms with Gasteiger partial charge in [0.2, 0.25) is 5.91 Å². The van der Waals surface area contributed by atoms with Gasteiger partial charge in [0.15, 0.2) is 0 Å². The molecular weight excluding hydrogens is 382 g/mol. The van der Waals surface area contributed by atoms with Crippen LogP contribution in [0.15, 0.2) is 24.3 Å². The molecule has 0 aliphatic heterocycles. The fraction of sp³-hybridized carbons (Fsp3) is 0.500. The number of hydrogen-bond donors (Lipinski definition) is 1. The van der Waals surface area contributed by atoms with Crippen molar-refractivity contribution in [3.63, 3.8) is 0 Å². The maximum Gasteiger partial charge on any atom is 0.341 e. The summed E-state index contributed by atoms with van der Waals surface area (Å²) in [6, 6.07) is 8.45. The molecule has 1 aromatic heterocycles. The summed E-state index contributed by atoms with van der Waals surface area (Å²) in [5.41, 5.74) is 4.10. The minimum atomic E-state index is -0.320. The van der Waals surface area contributed by atoms with Gasteiger partial charge in [0.05, 0.1) is 12.2 Å². The highest BCUT2D eigenvalue weighted by Gasteiger charge is 2.29. The predicted octanol–water partition coefficient (Wildman–Crippen LogP) is 5.74. The third kappa shape index (κ3) is 5.27. The number of fused-ring (bicyclic) bond motifs is 1. The van der Waals surface area contributed by atoms with Gasteiger partial charge in [-0.15, -0.1) is 11.3 Å². The number of rotatable bonds is 7. The van der Waals surface area contributed by atoms with Crippen molar-refractivity contribution in [1.29, 1.82) is 0 Å². The molecule has 3 rings (SSSR count). The summed E-state index contributed by atoms with van der Waals surface area (Å²) in [4.78, 5) is 26.4.